The Balaban J connectivity index is 2.44. The van der Waals surface area contributed by atoms with Gasteiger partial charge in [0.15, 0.2) is 0 Å². The lowest BCUT2D eigenvalue weighted by atomic mass is 10.1. The van der Waals surface area contributed by atoms with Crippen molar-refractivity contribution >= 4 is 0 Å². The molecule has 1 atom stereocenters. The van der Waals surface area contributed by atoms with Crippen LogP contribution >= 0.6 is 0 Å². The van der Waals surface area contributed by atoms with E-state index >= 15 is 0 Å². The van der Waals surface area contributed by atoms with Gasteiger partial charge in [-0.25, -0.2) is 0 Å². The third-order valence-electron chi connectivity index (χ3n) is 2.15. The first-order valence-electron chi connectivity index (χ1n) is 4.95. The lowest BCUT2D eigenvalue weighted by molar-refractivity contribution is 0.259. The maximum absolute atomic E-state index is 8.74. The van der Waals surface area contributed by atoms with E-state index in [9.17, 15) is 0 Å². The van der Waals surface area contributed by atoms with Crippen molar-refractivity contribution in [3.63, 3.8) is 0 Å². The first-order valence-corrected chi connectivity index (χ1v) is 4.95. The number of hydrogen-bond donors (Lipinski definition) is 2. The zero-order valence-corrected chi connectivity index (χ0v) is 8.73. The molecule has 0 radical (unpaired) electrons. The van der Waals surface area contributed by atoms with Gasteiger partial charge < -0.3 is 15.4 Å². The molecule has 3 N–H and O–H groups in total. The van der Waals surface area contributed by atoms with Gasteiger partial charge in [-0.2, -0.15) is 0 Å². The summed E-state index contributed by atoms with van der Waals surface area (Å²) in [5, 5.41) is 12.7. The van der Waals surface area contributed by atoms with Crippen LogP contribution in [0.1, 0.15) is 37.6 Å². The summed E-state index contributed by atoms with van der Waals surface area (Å²) >= 11 is 0. The van der Waals surface area contributed by atoms with Gasteiger partial charge in [0.05, 0.1) is 12.3 Å². The second kappa shape index (κ2) is 5.12. The van der Waals surface area contributed by atoms with Crippen LogP contribution in [0.3, 0.4) is 0 Å². The summed E-state index contributed by atoms with van der Waals surface area (Å²) in [6.07, 6.45) is 1.50. The van der Waals surface area contributed by atoms with E-state index in [2.05, 4.69) is 19.0 Å². The minimum Gasteiger partial charge on any atom is -0.395 e. The number of aliphatic hydroxyl groups excluding tert-OH is 1. The molecule has 0 amide bonds. The molecule has 0 aromatic carbocycles. The van der Waals surface area contributed by atoms with E-state index in [-0.39, 0.29) is 12.6 Å². The van der Waals surface area contributed by atoms with Gasteiger partial charge in [0.2, 0.25) is 0 Å². The zero-order chi connectivity index (χ0) is 10.6. The van der Waals surface area contributed by atoms with Gasteiger partial charge in [0.1, 0.15) is 5.76 Å². The fraction of sp³-hybridized carbons (Fsp3) is 0.700. The third kappa shape index (κ3) is 3.12. The molecule has 14 heavy (non-hydrogen) atoms. The molecule has 0 aliphatic heterocycles. The van der Waals surface area contributed by atoms with Crippen LogP contribution < -0.4 is 5.73 Å². The van der Waals surface area contributed by atoms with Gasteiger partial charge in [0.25, 0.3) is 0 Å². The lowest BCUT2D eigenvalue weighted by Gasteiger charge is -2.04. The van der Waals surface area contributed by atoms with Crippen molar-refractivity contribution < 1.29 is 9.63 Å². The zero-order valence-electron chi connectivity index (χ0n) is 8.73. The first-order chi connectivity index (χ1) is 6.63. The summed E-state index contributed by atoms with van der Waals surface area (Å²) < 4.78 is 5.14. The summed E-state index contributed by atoms with van der Waals surface area (Å²) in [6.45, 7) is 4.14. The molecular formula is C10H18N2O2. The monoisotopic (exact) mass is 198 g/mol. The van der Waals surface area contributed by atoms with Crippen LogP contribution in [0.25, 0.3) is 0 Å². The van der Waals surface area contributed by atoms with Crippen molar-refractivity contribution in [3.05, 3.63) is 17.5 Å². The highest BCUT2D eigenvalue weighted by Crippen LogP contribution is 2.15. The molecule has 0 spiro atoms. The van der Waals surface area contributed by atoms with Gasteiger partial charge >= 0.3 is 0 Å². The van der Waals surface area contributed by atoms with Gasteiger partial charge in [-0.1, -0.05) is 19.0 Å². The minimum absolute atomic E-state index is 0.0227. The second-order valence-corrected chi connectivity index (χ2v) is 3.86. The van der Waals surface area contributed by atoms with E-state index in [1.54, 1.807) is 0 Å². The van der Waals surface area contributed by atoms with Gasteiger partial charge in [-0.05, 0) is 12.8 Å². The molecule has 0 saturated heterocycles. The van der Waals surface area contributed by atoms with Crippen molar-refractivity contribution in [2.75, 3.05) is 6.61 Å². The number of rotatable bonds is 5. The number of nitrogens with zero attached hydrogens (tertiary/aromatic N) is 1. The predicted octanol–water partition coefficient (Wildman–Crippen LogP) is 1.05. The molecule has 1 aromatic rings. The minimum atomic E-state index is -0.158. The average molecular weight is 198 g/mol. The SMILES string of the molecule is CC(C)c1cc(CCC(N)CO)no1. The standard InChI is InChI=1S/C10H18N2O2/c1-7(2)10-5-9(12-14-10)4-3-8(11)6-13/h5,7-8,13H,3-4,6,11H2,1-2H3. The fourth-order valence-corrected chi connectivity index (χ4v) is 1.14. The number of hydrogen-bond acceptors (Lipinski definition) is 4. The molecular weight excluding hydrogens is 180 g/mol. The van der Waals surface area contributed by atoms with Gasteiger partial charge in [0, 0.05) is 18.0 Å². The maximum Gasteiger partial charge on any atom is 0.139 e. The Bertz CT molecular complexity index is 271. The highest BCUT2D eigenvalue weighted by molar-refractivity contribution is 5.08. The number of aromatic nitrogens is 1. The first kappa shape index (κ1) is 11.2. The summed E-state index contributed by atoms with van der Waals surface area (Å²) in [6, 6.07) is 1.79. The van der Waals surface area contributed by atoms with Crippen molar-refractivity contribution in [3.8, 4) is 0 Å². The molecule has 1 aromatic heterocycles. The molecule has 0 fully saturated rings. The Kier molecular flexibility index (Phi) is 4.10. The van der Waals surface area contributed by atoms with Gasteiger partial charge in [-0.15, -0.1) is 0 Å². The molecule has 0 bridgehead atoms. The van der Waals surface area contributed by atoms with Crippen molar-refractivity contribution in [1.29, 1.82) is 0 Å². The topological polar surface area (TPSA) is 72.3 Å². The molecule has 0 aliphatic carbocycles. The maximum atomic E-state index is 8.74. The van der Waals surface area contributed by atoms with E-state index in [1.165, 1.54) is 0 Å². The van der Waals surface area contributed by atoms with E-state index in [1.807, 2.05) is 6.07 Å². The molecule has 80 valence electrons. The van der Waals surface area contributed by atoms with Crippen molar-refractivity contribution in [2.24, 2.45) is 5.73 Å². The van der Waals surface area contributed by atoms with E-state index in [0.717, 1.165) is 24.3 Å². The number of nitrogens with two attached hydrogens (primary N) is 1. The Morgan fingerprint density at radius 3 is 2.79 bits per heavy atom. The van der Waals surface area contributed by atoms with E-state index in [0.29, 0.717) is 5.92 Å². The summed E-state index contributed by atoms with van der Waals surface area (Å²) in [5.41, 5.74) is 6.49. The Labute approximate surface area is 84.1 Å². The third-order valence-corrected chi connectivity index (χ3v) is 2.15. The molecule has 0 saturated carbocycles. The molecule has 1 unspecified atom stereocenters. The molecule has 4 heteroatoms. The van der Waals surface area contributed by atoms with Crippen LogP contribution in [0, 0.1) is 0 Å². The molecule has 4 nitrogen and oxygen atoms in total. The van der Waals surface area contributed by atoms with Crippen LogP contribution in [-0.2, 0) is 6.42 Å². The van der Waals surface area contributed by atoms with E-state index < -0.39 is 0 Å². The Hall–Kier alpha value is -0.870. The lowest BCUT2D eigenvalue weighted by Crippen LogP contribution is -2.24. The average Bonchev–Trinajstić information content (AvgIpc) is 2.62. The van der Waals surface area contributed by atoms with Crippen LogP contribution in [0.5, 0.6) is 0 Å². The van der Waals surface area contributed by atoms with Crippen molar-refractivity contribution in [1.82, 2.24) is 5.16 Å². The Morgan fingerprint density at radius 1 is 1.57 bits per heavy atom. The normalized spacial score (nSPS) is 13.5. The van der Waals surface area contributed by atoms with Crippen LogP contribution in [0.2, 0.25) is 0 Å². The number of aryl methyl sites for hydroxylation is 1. The second-order valence-electron chi connectivity index (χ2n) is 3.86. The highest BCUT2D eigenvalue weighted by Gasteiger charge is 2.08. The van der Waals surface area contributed by atoms with Crippen LogP contribution in [0.15, 0.2) is 10.6 Å². The van der Waals surface area contributed by atoms with Crippen LogP contribution in [-0.4, -0.2) is 22.9 Å². The molecule has 0 aliphatic rings. The fourth-order valence-electron chi connectivity index (χ4n) is 1.14. The highest BCUT2D eigenvalue weighted by atomic mass is 16.5. The van der Waals surface area contributed by atoms with Gasteiger partial charge in [-0.3, -0.25) is 0 Å². The summed E-state index contributed by atoms with van der Waals surface area (Å²) in [7, 11) is 0. The van der Waals surface area contributed by atoms with E-state index in [4.69, 9.17) is 15.4 Å². The summed E-state index contributed by atoms with van der Waals surface area (Å²) in [5.74, 6) is 1.26. The van der Waals surface area contributed by atoms with Crippen LogP contribution in [0.4, 0.5) is 0 Å². The Morgan fingerprint density at radius 2 is 2.29 bits per heavy atom. The largest absolute Gasteiger partial charge is 0.395 e. The smallest absolute Gasteiger partial charge is 0.139 e. The quantitative estimate of drug-likeness (QED) is 0.741. The molecule has 1 rings (SSSR count). The predicted molar refractivity (Wildman–Crippen MR) is 54.0 cm³/mol. The molecule has 1 heterocycles. The van der Waals surface area contributed by atoms with Crippen molar-refractivity contribution in [2.45, 2.75) is 38.6 Å². The summed E-state index contributed by atoms with van der Waals surface area (Å²) in [4.78, 5) is 0. The number of aliphatic hydroxyl groups is 1.